The lowest BCUT2D eigenvalue weighted by Crippen LogP contribution is -2.65. The van der Waals surface area contributed by atoms with Gasteiger partial charge in [-0.25, -0.2) is 28.9 Å². The van der Waals surface area contributed by atoms with Gasteiger partial charge in [0.15, 0.2) is 23.5 Å². The average molecular weight is 1830 g/mol. The van der Waals surface area contributed by atoms with Crippen molar-refractivity contribution in [1.29, 1.82) is 5.41 Å². The van der Waals surface area contributed by atoms with Crippen LogP contribution in [0, 0.1) is 11.2 Å². The molecule has 708 valence electrons. The molecular weight excluding hydrogens is 1720 g/mol. The van der Waals surface area contributed by atoms with Crippen LogP contribution in [0.4, 0.5) is 21.6 Å². The number of nitrogens with zero attached hydrogens (tertiary/aromatic N) is 7. The Morgan fingerprint density at radius 3 is 1.94 bits per heavy atom. The van der Waals surface area contributed by atoms with Crippen LogP contribution in [0.1, 0.15) is 127 Å². The number of phenols is 2. The number of hydroxylamine groups is 4. The van der Waals surface area contributed by atoms with Crippen molar-refractivity contribution < 1.29 is 132 Å². The molecule has 15 amide bonds. The van der Waals surface area contributed by atoms with Gasteiger partial charge < -0.3 is 125 Å². The van der Waals surface area contributed by atoms with Crippen LogP contribution in [0.3, 0.4) is 0 Å². The predicted octanol–water partition coefficient (Wildman–Crippen LogP) is -6.95. The fourth-order valence-corrected chi connectivity index (χ4v) is 14.7. The smallest absolute Gasteiger partial charge is 0.341 e. The van der Waals surface area contributed by atoms with Crippen LogP contribution < -0.4 is 95.1 Å². The number of carboxylic acid groups (broad SMARTS) is 1. The van der Waals surface area contributed by atoms with Crippen LogP contribution in [-0.4, -0.2) is 318 Å². The highest BCUT2D eigenvalue weighted by Gasteiger charge is 2.43. The molecule has 0 radical (unpaired) electrons. The molecule has 11 atom stereocenters. The summed E-state index contributed by atoms with van der Waals surface area (Å²) in [6.45, 7) is 0.643. The summed E-state index contributed by atoms with van der Waals surface area (Å²) in [5.41, 5.74) is 2.83. The molecule has 26 N–H and O–H groups in total. The summed E-state index contributed by atoms with van der Waals surface area (Å²) in [4.78, 5) is 236. The lowest BCUT2D eigenvalue weighted by Gasteiger charge is -2.36. The maximum Gasteiger partial charge on any atom is 0.341 e. The minimum atomic E-state index is -2.25. The number of pyridine rings is 3. The number of aromatic hydroxyl groups is 2. The first-order valence-electron chi connectivity index (χ1n) is 41.8. The minimum absolute atomic E-state index is 0.00409. The first-order chi connectivity index (χ1) is 61.7. The lowest BCUT2D eigenvalue weighted by molar-refractivity contribution is -0.674. The Morgan fingerprint density at radius 1 is 0.692 bits per heavy atom. The fourth-order valence-electron chi connectivity index (χ4n) is 14.7. The Kier molecular flexibility index (Phi) is 36.9. The Balaban J connectivity index is 0.883. The van der Waals surface area contributed by atoms with E-state index in [-0.39, 0.29) is 209 Å². The molecule has 0 aliphatic carbocycles. The fraction of sp³-hybridized carbons (Fsp3) is 0.525. The molecule has 0 bridgehead atoms. The molecule has 8 rings (SSSR count). The molecule has 49 nitrogen and oxygen atoms in total. The average Bonchev–Trinajstić information content (AvgIpc) is 0.753. The van der Waals surface area contributed by atoms with Crippen LogP contribution in [0.15, 0.2) is 47.4 Å². The number of nitrogens with two attached hydrogens (primary N) is 1. The largest absolute Gasteiger partial charge is 0.504 e. The zero-order valence-corrected chi connectivity index (χ0v) is 71.6. The number of aromatic carboxylic acids is 1. The van der Waals surface area contributed by atoms with Gasteiger partial charge >= 0.3 is 5.97 Å². The van der Waals surface area contributed by atoms with Crippen LogP contribution in [0.2, 0.25) is 0 Å². The number of benzene rings is 2. The molecule has 2 fully saturated rings. The van der Waals surface area contributed by atoms with Crippen molar-refractivity contribution in [2.45, 2.75) is 177 Å². The summed E-state index contributed by atoms with van der Waals surface area (Å²) < 4.78 is 18.3. The number of aliphatic hydroxyl groups is 4. The van der Waals surface area contributed by atoms with Gasteiger partial charge in [-0.2, -0.15) is 0 Å². The SMILES string of the molecule is CC(O)[C@@H]1NC(=O)[C@H](CCCN(O)C=O)NC(=O)[C@@H](NC(=O)[C@](C)(CCCN(O)C=O)NC(=O)[C@@H](CO)NC(=O)[C@H](CCCNC(=N)N)NC(=O)[C@@H](CO)NC(=O)[C@@H]2CCNc3c(NC(=O)CCC(=O)NCCNC(=O)CCC(=O)N4CCN(c5cc6nc7c(cc6cc5F)c(=O)c(C(=O)O)cn7C)CC4)cc4cc(O)c(O)cc4[n+]32)CCCCNC(=O)[C@H](C(C)O)NC1=O. The number of halogens is 1. The number of aliphatic hydroxyl groups excluding tert-OH is 4. The van der Waals surface area contributed by atoms with Crippen molar-refractivity contribution in [2.24, 2.45) is 12.8 Å². The summed E-state index contributed by atoms with van der Waals surface area (Å²) >= 11 is 0. The third-order valence-electron chi connectivity index (χ3n) is 21.8. The molecule has 2 aromatic carbocycles. The predicted molar refractivity (Wildman–Crippen MR) is 454 cm³/mol. The number of phenolic OH excluding ortho intramolecular Hbond substituents is 2. The Morgan fingerprint density at radius 2 is 1.30 bits per heavy atom. The van der Waals surface area contributed by atoms with Gasteiger partial charge in [0, 0.05) is 128 Å². The standard InChI is InChI=1S/C80H110FN23O26/c1-41(109)64-75(124)87-19-6-5-10-50(70(119)91-49(12-8-24-102(129)39-107)71(120)96-65(42(2)110)76(125)97-64)95-78(128)80(3,18-9-25-103(130)40-108)98-73(122)54(38-106)93-69(118)48(11-7-20-88-79(82)83)92-72(121)53(37-105)94-74(123)55-17-21-86-68-52(32-44-33-58(111)59(112)35-56(44)104(55)68)89-62(115)14-13-60(113)84-22-23-85-61(114)15-16-63(116)101-28-26-100(27-29-101)57-34-51-43(31-47(57)81)30-45-66(117)46(77(126)127)36-99(4)67(45)90-51/h30-36,39-42,48-50,53-55,64-65,105-106,109-110,129-130H,5-29,37-38H2,1-4H3,(H19,82,83,84,85,86,87,88,89,91,92,93,94,95,96,97,98,111,112,113,114,115,118,119,120,121,122,123,124,125,126,127,128)/p+1/t41?,42?,48-,49-,50-,53+,54+,55-,64-,65-,80-/m0/s1. The van der Waals surface area contributed by atoms with Crippen molar-refractivity contribution in [1.82, 2.24) is 88.4 Å². The molecule has 6 heterocycles. The van der Waals surface area contributed by atoms with E-state index in [4.69, 9.17) is 11.1 Å². The second-order valence-corrected chi connectivity index (χ2v) is 31.6. The third-order valence-corrected chi connectivity index (χ3v) is 21.8. The maximum absolute atomic E-state index is 15.6. The number of aromatic nitrogens is 3. The number of carbonyl (C=O) groups is 16. The van der Waals surface area contributed by atoms with Crippen molar-refractivity contribution in [3.8, 4) is 11.5 Å². The number of piperazine rings is 1. The summed E-state index contributed by atoms with van der Waals surface area (Å²) in [5, 5.41) is 137. The number of amides is 15. The second kappa shape index (κ2) is 47.3. The number of hydrogen-bond donors (Lipinski definition) is 25. The molecule has 2 unspecified atom stereocenters. The van der Waals surface area contributed by atoms with Crippen LogP contribution in [-0.2, 0) is 79.0 Å². The van der Waals surface area contributed by atoms with E-state index in [2.05, 4.69) is 79.4 Å². The Hall–Kier alpha value is -13.9. The molecule has 50 heteroatoms. The lowest BCUT2D eigenvalue weighted by atomic mass is 9.92. The van der Waals surface area contributed by atoms with Crippen molar-refractivity contribution in [3.05, 3.63) is 64.2 Å². The summed E-state index contributed by atoms with van der Waals surface area (Å²) in [6.07, 6.45) is -5.25. The van der Waals surface area contributed by atoms with Gasteiger partial charge in [-0.05, 0) is 109 Å². The van der Waals surface area contributed by atoms with E-state index in [0.29, 0.717) is 5.52 Å². The number of anilines is 3. The van der Waals surface area contributed by atoms with Crippen molar-refractivity contribution in [2.75, 3.05) is 101 Å². The zero-order valence-electron chi connectivity index (χ0n) is 71.6. The molecule has 3 aliphatic heterocycles. The first kappa shape index (κ1) is 102. The molecule has 0 spiro atoms. The van der Waals surface area contributed by atoms with E-state index in [9.17, 15) is 128 Å². The molecule has 2 saturated heterocycles. The number of guanidine groups is 1. The van der Waals surface area contributed by atoms with Gasteiger partial charge in [-0.3, -0.25) is 97.9 Å². The quantitative estimate of drug-likeness (QED) is 0.00199. The molecule has 3 aliphatic rings. The van der Waals surface area contributed by atoms with Crippen LogP contribution in [0.5, 0.6) is 11.5 Å². The molecular formula is C80H111FN23O26+. The normalized spacial score (nSPS) is 18.4. The second-order valence-electron chi connectivity index (χ2n) is 31.6. The molecule has 130 heavy (non-hydrogen) atoms. The maximum atomic E-state index is 15.6. The van der Waals surface area contributed by atoms with Crippen LogP contribution >= 0.6 is 0 Å². The monoisotopic (exact) mass is 1830 g/mol. The number of carboxylic acids is 1. The number of nitrogens with one attached hydrogen (secondary N) is 15. The van der Waals surface area contributed by atoms with Crippen molar-refractivity contribution in [3.63, 3.8) is 0 Å². The highest BCUT2D eigenvalue weighted by atomic mass is 19.1. The van der Waals surface area contributed by atoms with E-state index in [1.54, 1.807) is 4.90 Å². The minimum Gasteiger partial charge on any atom is -0.504 e. The topological polar surface area (TPSA) is 725 Å². The molecule has 5 aromatic rings. The highest BCUT2D eigenvalue weighted by Crippen LogP contribution is 2.36. The Labute approximate surface area is 740 Å². The summed E-state index contributed by atoms with van der Waals surface area (Å²) in [6, 6.07) is -6.07. The first-order valence-corrected chi connectivity index (χ1v) is 41.8. The van der Waals surface area contributed by atoms with Crippen molar-refractivity contribution >= 4 is 152 Å². The van der Waals surface area contributed by atoms with Gasteiger partial charge in [-0.15, -0.1) is 0 Å². The number of rotatable bonds is 40. The van der Waals surface area contributed by atoms with E-state index in [0.717, 1.165) is 32.2 Å². The third kappa shape index (κ3) is 27.6. The van der Waals surface area contributed by atoms with E-state index in [1.165, 1.54) is 52.3 Å². The van der Waals surface area contributed by atoms with Gasteiger partial charge in [0.05, 0.1) is 48.6 Å². The highest BCUT2D eigenvalue weighted by molar-refractivity contribution is 6.02. The number of carbonyl (C=O) groups excluding carboxylic acids is 15. The van der Waals surface area contributed by atoms with E-state index < -0.39 is 216 Å². The van der Waals surface area contributed by atoms with Gasteiger partial charge in [0.1, 0.15) is 76.1 Å². The van der Waals surface area contributed by atoms with Gasteiger partial charge in [0.2, 0.25) is 89.1 Å². The number of aryl methyl sites for hydroxylation is 1. The molecule has 0 saturated carbocycles. The summed E-state index contributed by atoms with van der Waals surface area (Å²) in [5.74, 6) is -16.1. The van der Waals surface area contributed by atoms with E-state index in [1.807, 2.05) is 0 Å². The molecule has 3 aromatic heterocycles. The number of hydrogen-bond acceptors (Lipinski definition) is 29. The van der Waals surface area contributed by atoms with Gasteiger partial charge in [-0.1, -0.05) is 0 Å². The summed E-state index contributed by atoms with van der Waals surface area (Å²) in [7, 11) is 1.53. The van der Waals surface area contributed by atoms with Gasteiger partial charge in [0.25, 0.3) is 11.7 Å². The van der Waals surface area contributed by atoms with Crippen LogP contribution in [0.25, 0.3) is 32.8 Å². The number of fused-ring (bicyclic) bond motifs is 5. The Bertz CT molecular complexity index is 5130. The zero-order chi connectivity index (χ0) is 95.5. The van der Waals surface area contributed by atoms with E-state index >= 15 is 4.39 Å².